The van der Waals surface area contributed by atoms with E-state index in [0.29, 0.717) is 0 Å². The van der Waals surface area contributed by atoms with E-state index >= 15 is 0 Å². The molecule has 1 N–H and O–H groups in total. The fourth-order valence-electron chi connectivity index (χ4n) is 2.50. The van der Waals surface area contributed by atoms with Gasteiger partial charge in [-0.05, 0) is 38.8 Å². The number of hydrogen-bond donors (Lipinski definition) is 1. The Labute approximate surface area is 111 Å². The zero-order chi connectivity index (χ0) is 11.9. The molecule has 1 aliphatic heterocycles. The quantitative estimate of drug-likeness (QED) is 0.672. The summed E-state index contributed by atoms with van der Waals surface area (Å²) in [5.41, 5.74) is 0. The third-order valence-corrected chi connectivity index (χ3v) is 4.87. The Bertz CT molecular complexity index is 206. The second kappa shape index (κ2) is 7.65. The highest BCUT2D eigenvalue weighted by molar-refractivity contribution is 7.99. The molecule has 0 aromatic carbocycles. The van der Waals surface area contributed by atoms with Gasteiger partial charge in [0.25, 0.3) is 0 Å². The van der Waals surface area contributed by atoms with E-state index in [2.05, 4.69) is 28.9 Å². The first kappa shape index (κ1) is 13.7. The van der Waals surface area contributed by atoms with Gasteiger partial charge in [0, 0.05) is 30.1 Å². The molecule has 100 valence electrons. The molecule has 0 aromatic rings. The minimum Gasteiger partial charge on any atom is -0.314 e. The van der Waals surface area contributed by atoms with Crippen LogP contribution in [0.25, 0.3) is 0 Å². The van der Waals surface area contributed by atoms with Gasteiger partial charge in [0.05, 0.1) is 0 Å². The van der Waals surface area contributed by atoms with Gasteiger partial charge in [0.15, 0.2) is 0 Å². The first-order chi connectivity index (χ1) is 8.34. The molecular formula is C14H28N2S. The highest BCUT2D eigenvalue weighted by atomic mass is 32.2. The van der Waals surface area contributed by atoms with Crippen LogP contribution >= 0.6 is 11.8 Å². The lowest BCUT2D eigenvalue weighted by Crippen LogP contribution is -2.37. The maximum atomic E-state index is 3.59. The summed E-state index contributed by atoms with van der Waals surface area (Å²) in [7, 11) is 0. The van der Waals surface area contributed by atoms with Gasteiger partial charge in [0.2, 0.25) is 0 Å². The van der Waals surface area contributed by atoms with Crippen LogP contribution in [0.5, 0.6) is 0 Å². The summed E-state index contributed by atoms with van der Waals surface area (Å²) >= 11 is 2.13. The molecule has 1 aliphatic carbocycles. The summed E-state index contributed by atoms with van der Waals surface area (Å²) in [4.78, 5) is 2.66. The highest BCUT2D eigenvalue weighted by Crippen LogP contribution is 2.19. The van der Waals surface area contributed by atoms with Crippen molar-refractivity contribution in [3.8, 4) is 0 Å². The monoisotopic (exact) mass is 256 g/mol. The molecule has 1 unspecified atom stereocenters. The van der Waals surface area contributed by atoms with E-state index in [1.54, 1.807) is 0 Å². The lowest BCUT2D eigenvalue weighted by Gasteiger charge is -2.30. The third-order valence-electron chi connectivity index (χ3n) is 3.74. The largest absolute Gasteiger partial charge is 0.314 e. The van der Waals surface area contributed by atoms with Crippen LogP contribution in [0.15, 0.2) is 0 Å². The van der Waals surface area contributed by atoms with Gasteiger partial charge < -0.3 is 10.2 Å². The Kier molecular flexibility index (Phi) is 6.16. The number of nitrogens with one attached hydrogen (secondary N) is 1. The van der Waals surface area contributed by atoms with Crippen molar-refractivity contribution < 1.29 is 0 Å². The zero-order valence-corrected chi connectivity index (χ0v) is 12.1. The van der Waals surface area contributed by atoms with Gasteiger partial charge in [-0.1, -0.05) is 19.8 Å². The Balaban J connectivity index is 1.37. The Hall–Kier alpha value is 0.270. The molecule has 2 fully saturated rings. The highest BCUT2D eigenvalue weighted by Gasteiger charge is 2.19. The molecule has 0 aromatic heterocycles. The van der Waals surface area contributed by atoms with Crippen molar-refractivity contribution in [2.75, 3.05) is 31.9 Å². The first-order valence-electron chi connectivity index (χ1n) is 7.42. The fourth-order valence-corrected chi connectivity index (χ4v) is 3.58. The lowest BCUT2D eigenvalue weighted by atomic mass is 10.2. The molecule has 1 heterocycles. The second-order valence-electron chi connectivity index (χ2n) is 5.62. The van der Waals surface area contributed by atoms with Crippen molar-refractivity contribution in [3.63, 3.8) is 0 Å². The van der Waals surface area contributed by atoms with Crippen molar-refractivity contribution in [1.29, 1.82) is 0 Å². The van der Waals surface area contributed by atoms with E-state index in [4.69, 9.17) is 0 Å². The summed E-state index contributed by atoms with van der Waals surface area (Å²) < 4.78 is 0. The van der Waals surface area contributed by atoms with Crippen molar-refractivity contribution in [1.82, 2.24) is 10.2 Å². The van der Waals surface area contributed by atoms with Crippen LogP contribution in [0.1, 0.15) is 45.4 Å². The van der Waals surface area contributed by atoms with Crippen LogP contribution in [0.4, 0.5) is 0 Å². The average Bonchev–Trinajstić information content (AvgIpc) is 3.12. The van der Waals surface area contributed by atoms with Crippen LogP contribution in [-0.2, 0) is 0 Å². The predicted octanol–water partition coefficient (Wildman–Crippen LogP) is 2.74. The molecular weight excluding hydrogens is 228 g/mol. The van der Waals surface area contributed by atoms with E-state index in [1.807, 2.05) is 0 Å². The summed E-state index contributed by atoms with van der Waals surface area (Å²) in [6, 6.07) is 0.891. The van der Waals surface area contributed by atoms with Gasteiger partial charge >= 0.3 is 0 Å². The van der Waals surface area contributed by atoms with Crippen molar-refractivity contribution in [3.05, 3.63) is 0 Å². The summed E-state index contributed by atoms with van der Waals surface area (Å²) in [5.74, 6) is 1.34. The molecule has 1 saturated heterocycles. The van der Waals surface area contributed by atoms with Gasteiger partial charge in [-0.15, -0.1) is 0 Å². The molecule has 3 heteroatoms. The van der Waals surface area contributed by atoms with Crippen LogP contribution in [0.3, 0.4) is 0 Å². The molecule has 2 aliphatic rings. The van der Waals surface area contributed by atoms with Crippen molar-refractivity contribution >= 4 is 11.8 Å². The topological polar surface area (TPSA) is 15.3 Å². The molecule has 0 amide bonds. The normalized spacial score (nSPS) is 26.3. The van der Waals surface area contributed by atoms with Gasteiger partial charge in [0.1, 0.15) is 0 Å². The molecule has 1 atom stereocenters. The molecule has 2 nitrogen and oxygen atoms in total. The molecule has 2 rings (SSSR count). The molecule has 1 saturated carbocycles. The summed E-state index contributed by atoms with van der Waals surface area (Å²) in [5, 5.41) is 4.44. The SMILES string of the molecule is CC1CN(CCCCCCNC2CC2)CCS1. The first-order valence-corrected chi connectivity index (χ1v) is 8.47. The number of thioether (sulfide) groups is 1. The minimum absolute atomic E-state index is 0.853. The van der Waals surface area contributed by atoms with Gasteiger partial charge in [-0.25, -0.2) is 0 Å². The maximum absolute atomic E-state index is 3.59. The molecule has 17 heavy (non-hydrogen) atoms. The Morgan fingerprint density at radius 3 is 2.76 bits per heavy atom. The van der Waals surface area contributed by atoms with Crippen LogP contribution in [-0.4, -0.2) is 48.1 Å². The molecule has 0 radical (unpaired) electrons. The zero-order valence-electron chi connectivity index (χ0n) is 11.3. The lowest BCUT2D eigenvalue weighted by molar-refractivity contribution is 0.279. The standard InChI is InChI=1S/C14H28N2S/c1-13-12-16(10-11-17-13)9-5-3-2-4-8-15-14-6-7-14/h13-15H,2-12H2,1H3. The minimum atomic E-state index is 0.853. The number of rotatable bonds is 8. The third kappa shape index (κ3) is 6.12. The average molecular weight is 256 g/mol. The summed E-state index contributed by atoms with van der Waals surface area (Å²) in [6.07, 6.45) is 8.46. The molecule has 0 spiro atoms. The van der Waals surface area contributed by atoms with E-state index in [9.17, 15) is 0 Å². The molecule has 0 bridgehead atoms. The van der Waals surface area contributed by atoms with Gasteiger partial charge in [-0.3, -0.25) is 0 Å². The van der Waals surface area contributed by atoms with Crippen molar-refractivity contribution in [2.24, 2.45) is 0 Å². The Morgan fingerprint density at radius 2 is 2.00 bits per heavy atom. The second-order valence-corrected chi connectivity index (χ2v) is 7.17. The van der Waals surface area contributed by atoms with Crippen molar-refractivity contribution in [2.45, 2.75) is 56.7 Å². The Morgan fingerprint density at radius 1 is 1.18 bits per heavy atom. The summed E-state index contributed by atoms with van der Waals surface area (Å²) in [6.45, 7) is 7.58. The number of nitrogens with zero attached hydrogens (tertiary/aromatic N) is 1. The van der Waals surface area contributed by atoms with Crippen LogP contribution < -0.4 is 5.32 Å². The van der Waals surface area contributed by atoms with Crippen LogP contribution in [0, 0.1) is 0 Å². The van der Waals surface area contributed by atoms with E-state index in [-0.39, 0.29) is 0 Å². The predicted molar refractivity (Wildman–Crippen MR) is 77.9 cm³/mol. The van der Waals surface area contributed by atoms with E-state index in [0.717, 1.165) is 11.3 Å². The van der Waals surface area contributed by atoms with E-state index in [1.165, 1.54) is 70.5 Å². The fraction of sp³-hybridized carbons (Fsp3) is 1.00. The maximum Gasteiger partial charge on any atom is 0.0147 e. The van der Waals surface area contributed by atoms with Gasteiger partial charge in [-0.2, -0.15) is 11.8 Å². The number of unbranched alkanes of at least 4 members (excludes halogenated alkanes) is 3. The smallest absolute Gasteiger partial charge is 0.0147 e. The van der Waals surface area contributed by atoms with Crippen LogP contribution in [0.2, 0.25) is 0 Å². The van der Waals surface area contributed by atoms with E-state index < -0.39 is 0 Å². The number of hydrogen-bond acceptors (Lipinski definition) is 3.